The molecule has 3 aromatic rings. The number of aromatic nitrogens is 1. The zero-order chi connectivity index (χ0) is 13.2. The Morgan fingerprint density at radius 3 is 2.84 bits per heavy atom. The summed E-state index contributed by atoms with van der Waals surface area (Å²) in [5.41, 5.74) is 3.47. The summed E-state index contributed by atoms with van der Waals surface area (Å²) in [5.74, 6) is 0. The number of anilines is 1. The van der Waals surface area contributed by atoms with E-state index in [4.69, 9.17) is 0 Å². The second kappa shape index (κ2) is 5.31. The van der Waals surface area contributed by atoms with E-state index in [1.165, 1.54) is 10.3 Å². The number of rotatable bonds is 3. The number of fused-ring (bicyclic) bond motifs is 1. The van der Waals surface area contributed by atoms with Gasteiger partial charge in [0.05, 0.1) is 16.8 Å². The molecule has 0 aliphatic carbocycles. The Balaban J connectivity index is 1.78. The largest absolute Gasteiger partial charge is 0.378 e. The summed E-state index contributed by atoms with van der Waals surface area (Å²) in [6, 6.07) is 14.5. The Morgan fingerprint density at radius 1 is 1.21 bits per heavy atom. The second-order valence-corrected chi connectivity index (χ2v) is 6.42. The van der Waals surface area contributed by atoms with E-state index >= 15 is 0 Å². The third-order valence-corrected chi connectivity index (χ3v) is 4.49. The van der Waals surface area contributed by atoms with Crippen LogP contribution in [0.15, 0.2) is 46.9 Å². The lowest BCUT2D eigenvalue weighted by Crippen LogP contribution is -2.00. The quantitative estimate of drug-likeness (QED) is 0.731. The number of hydrogen-bond acceptors (Lipinski definition) is 3. The van der Waals surface area contributed by atoms with Gasteiger partial charge in [-0.2, -0.15) is 0 Å². The first-order valence-corrected chi connectivity index (χ1v) is 7.68. The lowest BCUT2D eigenvalue weighted by atomic mass is 10.2. The topological polar surface area (TPSA) is 24.9 Å². The Hall–Kier alpha value is -1.39. The molecule has 0 aliphatic rings. The van der Waals surface area contributed by atoms with Crippen LogP contribution in [0.3, 0.4) is 0 Å². The minimum atomic E-state index is 0.766. The molecule has 0 radical (unpaired) electrons. The average molecular weight is 333 g/mol. The van der Waals surface area contributed by atoms with Gasteiger partial charge in [-0.3, -0.25) is 0 Å². The van der Waals surface area contributed by atoms with Gasteiger partial charge in [0.15, 0.2) is 0 Å². The summed E-state index contributed by atoms with van der Waals surface area (Å²) < 4.78 is 2.35. The third-order valence-electron chi connectivity index (χ3n) is 2.96. The summed E-state index contributed by atoms with van der Waals surface area (Å²) in [6.45, 7) is 2.87. The number of benzene rings is 2. The molecule has 0 amide bonds. The molecule has 2 nitrogen and oxygen atoms in total. The minimum absolute atomic E-state index is 0.766. The Bertz CT molecular complexity index is 688. The van der Waals surface area contributed by atoms with Gasteiger partial charge in [-0.15, -0.1) is 11.3 Å². The van der Waals surface area contributed by atoms with Crippen molar-refractivity contribution in [2.24, 2.45) is 0 Å². The van der Waals surface area contributed by atoms with E-state index in [2.05, 4.69) is 63.5 Å². The zero-order valence-electron chi connectivity index (χ0n) is 10.5. The van der Waals surface area contributed by atoms with Crippen molar-refractivity contribution in [1.82, 2.24) is 4.98 Å². The second-order valence-electron chi connectivity index (χ2n) is 4.39. The highest BCUT2D eigenvalue weighted by Crippen LogP contribution is 2.24. The third kappa shape index (κ3) is 2.80. The molecule has 0 fully saturated rings. The van der Waals surface area contributed by atoms with Crippen LogP contribution in [0.4, 0.5) is 5.69 Å². The number of para-hydroxylation sites is 1. The lowest BCUT2D eigenvalue weighted by molar-refractivity contribution is 1.11. The Morgan fingerprint density at radius 2 is 2.05 bits per heavy atom. The molecule has 0 spiro atoms. The van der Waals surface area contributed by atoms with E-state index in [-0.39, 0.29) is 0 Å². The standard InChI is InChI=1S/C15H13BrN2S/c1-10-8-11(16)6-7-12(10)17-9-15-18-13-4-2-3-5-14(13)19-15/h2-8,17H,9H2,1H3. The van der Waals surface area contributed by atoms with Gasteiger partial charge in [0.1, 0.15) is 5.01 Å². The molecule has 0 atom stereocenters. The van der Waals surface area contributed by atoms with Crippen LogP contribution < -0.4 is 5.32 Å². The first kappa shape index (κ1) is 12.6. The molecule has 0 saturated heterocycles. The summed E-state index contributed by atoms with van der Waals surface area (Å²) in [6.07, 6.45) is 0. The fourth-order valence-corrected chi connectivity index (χ4v) is 3.37. The van der Waals surface area contributed by atoms with Crippen molar-refractivity contribution in [2.45, 2.75) is 13.5 Å². The van der Waals surface area contributed by atoms with Crippen molar-refractivity contribution in [2.75, 3.05) is 5.32 Å². The SMILES string of the molecule is Cc1cc(Br)ccc1NCc1nc2ccccc2s1. The monoisotopic (exact) mass is 332 g/mol. The highest BCUT2D eigenvalue weighted by Gasteiger charge is 2.04. The fourth-order valence-electron chi connectivity index (χ4n) is 1.99. The molecule has 0 aliphatic heterocycles. The summed E-state index contributed by atoms with van der Waals surface area (Å²) in [5, 5.41) is 4.56. The normalized spacial score (nSPS) is 10.8. The van der Waals surface area contributed by atoms with Gasteiger partial charge >= 0.3 is 0 Å². The number of aryl methyl sites for hydroxylation is 1. The maximum Gasteiger partial charge on any atom is 0.113 e. The molecule has 0 saturated carbocycles. The number of thiazole rings is 1. The van der Waals surface area contributed by atoms with Crippen LogP contribution in [-0.2, 0) is 6.54 Å². The van der Waals surface area contributed by atoms with Gasteiger partial charge in [0.25, 0.3) is 0 Å². The van der Waals surface area contributed by atoms with Crippen LogP contribution in [0.25, 0.3) is 10.2 Å². The van der Waals surface area contributed by atoms with E-state index < -0.39 is 0 Å². The number of hydrogen-bond donors (Lipinski definition) is 1. The lowest BCUT2D eigenvalue weighted by Gasteiger charge is -2.08. The van der Waals surface area contributed by atoms with Gasteiger partial charge in [0.2, 0.25) is 0 Å². The minimum Gasteiger partial charge on any atom is -0.378 e. The van der Waals surface area contributed by atoms with Crippen LogP contribution in [0.2, 0.25) is 0 Å². The Kier molecular flexibility index (Phi) is 3.53. The van der Waals surface area contributed by atoms with Crippen molar-refractivity contribution >= 4 is 43.2 Å². The van der Waals surface area contributed by atoms with Crippen molar-refractivity contribution in [3.05, 3.63) is 57.5 Å². The average Bonchev–Trinajstić information content (AvgIpc) is 2.80. The molecular formula is C15H13BrN2S. The summed E-state index contributed by atoms with van der Waals surface area (Å²) in [7, 11) is 0. The molecule has 0 bridgehead atoms. The molecule has 1 N–H and O–H groups in total. The van der Waals surface area contributed by atoms with Crippen molar-refractivity contribution < 1.29 is 0 Å². The number of halogens is 1. The highest BCUT2D eigenvalue weighted by molar-refractivity contribution is 9.10. The first-order chi connectivity index (χ1) is 9.22. The molecule has 19 heavy (non-hydrogen) atoms. The van der Waals surface area contributed by atoms with E-state index in [0.29, 0.717) is 0 Å². The molecule has 2 aromatic carbocycles. The summed E-state index contributed by atoms with van der Waals surface area (Å²) in [4.78, 5) is 4.62. The van der Waals surface area contributed by atoms with E-state index in [1.807, 2.05) is 12.1 Å². The van der Waals surface area contributed by atoms with Crippen molar-refractivity contribution in [3.63, 3.8) is 0 Å². The van der Waals surface area contributed by atoms with Gasteiger partial charge in [-0.25, -0.2) is 4.98 Å². The van der Waals surface area contributed by atoms with Crippen LogP contribution in [-0.4, -0.2) is 4.98 Å². The molecule has 96 valence electrons. The van der Waals surface area contributed by atoms with E-state index in [0.717, 1.165) is 27.2 Å². The fraction of sp³-hybridized carbons (Fsp3) is 0.133. The van der Waals surface area contributed by atoms with E-state index in [1.54, 1.807) is 11.3 Å². The molecular weight excluding hydrogens is 320 g/mol. The molecule has 0 unspecified atom stereocenters. The molecule has 4 heteroatoms. The predicted molar refractivity (Wildman–Crippen MR) is 85.8 cm³/mol. The van der Waals surface area contributed by atoms with Gasteiger partial charge < -0.3 is 5.32 Å². The van der Waals surface area contributed by atoms with E-state index in [9.17, 15) is 0 Å². The molecule has 3 rings (SSSR count). The Labute approximate surface area is 124 Å². The summed E-state index contributed by atoms with van der Waals surface area (Å²) >= 11 is 5.22. The van der Waals surface area contributed by atoms with Crippen LogP contribution in [0.5, 0.6) is 0 Å². The number of nitrogens with one attached hydrogen (secondary N) is 1. The maximum atomic E-state index is 4.62. The maximum absolute atomic E-state index is 4.62. The van der Waals surface area contributed by atoms with Crippen LogP contribution in [0.1, 0.15) is 10.6 Å². The van der Waals surface area contributed by atoms with Gasteiger partial charge in [-0.05, 0) is 42.8 Å². The first-order valence-electron chi connectivity index (χ1n) is 6.07. The van der Waals surface area contributed by atoms with Gasteiger partial charge in [-0.1, -0.05) is 28.1 Å². The van der Waals surface area contributed by atoms with Crippen molar-refractivity contribution in [1.29, 1.82) is 0 Å². The van der Waals surface area contributed by atoms with Crippen LogP contribution >= 0.6 is 27.3 Å². The van der Waals surface area contributed by atoms with Gasteiger partial charge in [0, 0.05) is 10.2 Å². The zero-order valence-corrected chi connectivity index (χ0v) is 12.9. The highest BCUT2D eigenvalue weighted by atomic mass is 79.9. The number of nitrogens with zero attached hydrogens (tertiary/aromatic N) is 1. The predicted octanol–water partition coefficient (Wildman–Crippen LogP) is 4.98. The van der Waals surface area contributed by atoms with Crippen molar-refractivity contribution in [3.8, 4) is 0 Å². The smallest absolute Gasteiger partial charge is 0.113 e. The molecule has 1 aromatic heterocycles. The molecule has 1 heterocycles. The van der Waals surface area contributed by atoms with Crippen LogP contribution in [0, 0.1) is 6.92 Å².